The molecule has 6 heteroatoms. The van der Waals surface area contributed by atoms with E-state index in [0.717, 1.165) is 12.9 Å². The largest absolute Gasteiger partial charge is 0.291 e. The summed E-state index contributed by atoms with van der Waals surface area (Å²) in [7, 11) is 0. The van der Waals surface area contributed by atoms with Crippen LogP contribution in [0.15, 0.2) is 28.3 Å². The fourth-order valence-corrected chi connectivity index (χ4v) is 3.11. The number of ketones is 1. The van der Waals surface area contributed by atoms with Gasteiger partial charge in [-0.05, 0) is 50.0 Å². The number of thiophene rings is 1. The Kier molecular flexibility index (Phi) is 3.57. The van der Waals surface area contributed by atoms with Gasteiger partial charge in [-0.2, -0.15) is 5.10 Å². The number of carbonyl (C=O) groups is 1. The van der Waals surface area contributed by atoms with Crippen LogP contribution in [-0.4, -0.2) is 15.6 Å². The van der Waals surface area contributed by atoms with Crippen molar-refractivity contribution in [3.05, 3.63) is 36.8 Å². The molecule has 2 heterocycles. The Morgan fingerprint density at radius 2 is 2.47 bits per heavy atom. The third-order valence-electron chi connectivity index (χ3n) is 1.78. The maximum Gasteiger partial charge on any atom is 0.195 e. The first-order valence-corrected chi connectivity index (χ1v) is 6.86. The van der Waals surface area contributed by atoms with Crippen LogP contribution >= 0.6 is 49.9 Å². The van der Waals surface area contributed by atoms with Crippen LogP contribution in [0.3, 0.4) is 0 Å². The van der Waals surface area contributed by atoms with Crippen LogP contribution in [0.2, 0.25) is 0 Å². The van der Waals surface area contributed by atoms with Gasteiger partial charge in [0.25, 0.3) is 0 Å². The van der Waals surface area contributed by atoms with Crippen molar-refractivity contribution in [2.75, 3.05) is 0 Å². The third kappa shape index (κ3) is 2.67. The van der Waals surface area contributed by atoms with Gasteiger partial charge >= 0.3 is 0 Å². The predicted molar refractivity (Wildman–Crippen MR) is 71.3 cm³/mol. The Labute approximate surface area is 113 Å². The summed E-state index contributed by atoms with van der Waals surface area (Å²) in [5, 5.41) is 5.97. The zero-order chi connectivity index (χ0) is 10.8. The maximum absolute atomic E-state index is 11.8. The molecule has 3 nitrogen and oxygen atoms in total. The first-order valence-electron chi connectivity index (χ1n) is 4.11. The molecule has 0 unspecified atom stereocenters. The van der Waals surface area contributed by atoms with Crippen LogP contribution in [0.5, 0.6) is 0 Å². The van der Waals surface area contributed by atoms with E-state index in [1.165, 1.54) is 11.3 Å². The highest BCUT2D eigenvalue weighted by atomic mass is 127. The van der Waals surface area contributed by atoms with Crippen LogP contribution in [0.25, 0.3) is 0 Å². The Balaban J connectivity index is 2.14. The van der Waals surface area contributed by atoms with Crippen LogP contribution in [0, 0.1) is 3.57 Å². The van der Waals surface area contributed by atoms with Gasteiger partial charge in [0.15, 0.2) is 5.78 Å². The predicted octanol–water partition coefficient (Wildman–Crippen LogP) is 3.19. The number of Topliss-reactive ketones (excluding diaryl/α,β-unsaturated/α-hetero) is 1. The molecule has 0 aromatic carbocycles. The molecule has 0 radical (unpaired) electrons. The van der Waals surface area contributed by atoms with E-state index in [1.54, 1.807) is 10.9 Å². The molecular formula is C9H6BrIN2OS. The smallest absolute Gasteiger partial charge is 0.195 e. The number of aromatic nitrogens is 2. The molecule has 0 bridgehead atoms. The summed E-state index contributed by atoms with van der Waals surface area (Å²) in [5.41, 5.74) is 0. The third-order valence-corrected chi connectivity index (χ3v) is 4.21. The minimum Gasteiger partial charge on any atom is -0.291 e. The van der Waals surface area contributed by atoms with Gasteiger partial charge in [0.1, 0.15) is 6.54 Å². The zero-order valence-electron chi connectivity index (χ0n) is 7.48. The average Bonchev–Trinajstić information content (AvgIpc) is 2.75. The second kappa shape index (κ2) is 4.75. The van der Waals surface area contributed by atoms with Gasteiger partial charge in [0.05, 0.1) is 14.6 Å². The van der Waals surface area contributed by atoms with Crippen molar-refractivity contribution in [1.82, 2.24) is 9.78 Å². The molecule has 0 aliphatic heterocycles. The Hall–Kier alpha value is -0.210. The molecule has 0 N–H and O–H groups in total. The molecular weight excluding hydrogens is 391 g/mol. The first-order chi connectivity index (χ1) is 7.16. The van der Waals surface area contributed by atoms with E-state index in [2.05, 4.69) is 43.6 Å². The molecule has 0 saturated carbocycles. The number of hydrogen-bond acceptors (Lipinski definition) is 3. The van der Waals surface area contributed by atoms with Crippen molar-refractivity contribution in [2.45, 2.75) is 6.54 Å². The maximum atomic E-state index is 11.8. The molecule has 2 aromatic heterocycles. The van der Waals surface area contributed by atoms with E-state index in [1.807, 2.05) is 17.6 Å². The number of rotatable bonds is 3. The Bertz CT molecular complexity index is 494. The molecule has 78 valence electrons. The number of carbonyl (C=O) groups excluding carboxylic acids is 1. The van der Waals surface area contributed by atoms with Crippen molar-refractivity contribution >= 4 is 55.6 Å². The number of hydrogen-bond donors (Lipinski definition) is 0. The molecule has 0 atom stereocenters. The normalized spacial score (nSPS) is 10.5. The first kappa shape index (κ1) is 11.3. The number of nitrogens with zero attached hydrogens (tertiary/aromatic N) is 2. The molecule has 0 aliphatic carbocycles. The van der Waals surface area contributed by atoms with E-state index >= 15 is 0 Å². The highest BCUT2D eigenvalue weighted by Gasteiger charge is 2.12. The minimum atomic E-state index is 0.0800. The van der Waals surface area contributed by atoms with Gasteiger partial charge in [-0.3, -0.25) is 9.48 Å². The van der Waals surface area contributed by atoms with Gasteiger partial charge < -0.3 is 0 Å². The fourth-order valence-electron chi connectivity index (χ4n) is 1.14. The molecule has 0 saturated heterocycles. The minimum absolute atomic E-state index is 0.0800. The summed E-state index contributed by atoms with van der Waals surface area (Å²) in [5.74, 6) is 0.0800. The van der Waals surface area contributed by atoms with Gasteiger partial charge in [-0.15, -0.1) is 11.3 Å². The van der Waals surface area contributed by atoms with Crippen LogP contribution in [0.1, 0.15) is 9.67 Å². The Morgan fingerprint density at radius 3 is 3.00 bits per heavy atom. The molecule has 15 heavy (non-hydrogen) atoms. The zero-order valence-corrected chi connectivity index (χ0v) is 12.0. The lowest BCUT2D eigenvalue weighted by Crippen LogP contribution is -2.09. The van der Waals surface area contributed by atoms with Crippen LogP contribution < -0.4 is 0 Å². The standard InChI is InChI=1S/C9H6BrIN2OS/c10-7-1-2-15-9(7)8(14)5-13-4-6(11)3-12-13/h1-4H,5H2. The summed E-state index contributed by atoms with van der Waals surface area (Å²) in [6.07, 6.45) is 3.58. The molecule has 2 rings (SSSR count). The lowest BCUT2D eigenvalue weighted by molar-refractivity contribution is 0.0971. The average molecular weight is 397 g/mol. The lowest BCUT2D eigenvalue weighted by Gasteiger charge is -1.99. The molecule has 0 aliphatic rings. The van der Waals surface area contributed by atoms with E-state index in [9.17, 15) is 4.79 Å². The molecule has 0 amide bonds. The van der Waals surface area contributed by atoms with Gasteiger partial charge in [-0.25, -0.2) is 0 Å². The SMILES string of the molecule is O=C(Cn1cc(I)cn1)c1sccc1Br. The lowest BCUT2D eigenvalue weighted by atomic mass is 10.3. The van der Waals surface area contributed by atoms with E-state index in [-0.39, 0.29) is 5.78 Å². The quantitative estimate of drug-likeness (QED) is 0.589. The van der Waals surface area contributed by atoms with Gasteiger partial charge in [0, 0.05) is 10.7 Å². The summed E-state index contributed by atoms with van der Waals surface area (Å²) >= 11 is 6.95. The summed E-state index contributed by atoms with van der Waals surface area (Å²) in [6, 6.07) is 1.88. The molecule has 2 aromatic rings. The highest BCUT2D eigenvalue weighted by molar-refractivity contribution is 14.1. The van der Waals surface area contributed by atoms with Crippen molar-refractivity contribution in [1.29, 1.82) is 0 Å². The van der Waals surface area contributed by atoms with E-state index < -0.39 is 0 Å². The van der Waals surface area contributed by atoms with Crippen molar-refractivity contribution in [3.63, 3.8) is 0 Å². The topological polar surface area (TPSA) is 34.9 Å². The van der Waals surface area contributed by atoms with Gasteiger partial charge in [0.2, 0.25) is 0 Å². The van der Waals surface area contributed by atoms with Crippen molar-refractivity contribution in [2.24, 2.45) is 0 Å². The van der Waals surface area contributed by atoms with Crippen molar-refractivity contribution in [3.8, 4) is 0 Å². The van der Waals surface area contributed by atoms with E-state index in [0.29, 0.717) is 6.54 Å². The number of halogens is 2. The fraction of sp³-hybridized carbons (Fsp3) is 0.111. The van der Waals surface area contributed by atoms with Gasteiger partial charge in [-0.1, -0.05) is 0 Å². The van der Waals surface area contributed by atoms with E-state index in [4.69, 9.17) is 0 Å². The highest BCUT2D eigenvalue weighted by Crippen LogP contribution is 2.23. The van der Waals surface area contributed by atoms with Crippen LogP contribution in [-0.2, 0) is 6.54 Å². The monoisotopic (exact) mass is 396 g/mol. The molecule has 0 fully saturated rings. The van der Waals surface area contributed by atoms with Crippen LogP contribution in [0.4, 0.5) is 0 Å². The molecule has 0 spiro atoms. The summed E-state index contributed by atoms with van der Waals surface area (Å²) < 4.78 is 3.54. The second-order valence-electron chi connectivity index (χ2n) is 2.88. The summed E-state index contributed by atoms with van der Waals surface area (Å²) in [4.78, 5) is 12.6. The Morgan fingerprint density at radius 1 is 1.67 bits per heavy atom. The van der Waals surface area contributed by atoms with Crippen molar-refractivity contribution < 1.29 is 4.79 Å². The summed E-state index contributed by atoms with van der Waals surface area (Å²) in [6.45, 7) is 0.294. The second-order valence-corrected chi connectivity index (χ2v) is 5.89.